The van der Waals surface area contributed by atoms with Gasteiger partial charge in [0.1, 0.15) is 19.0 Å². The third-order valence-electron chi connectivity index (χ3n) is 4.75. The summed E-state index contributed by atoms with van der Waals surface area (Å²) in [4.78, 5) is 16.2. The minimum atomic E-state index is -1.02. The van der Waals surface area contributed by atoms with Crippen molar-refractivity contribution >= 4 is 5.97 Å². The molecule has 0 aliphatic heterocycles. The maximum Gasteiger partial charge on any atom is 0.336 e. The Balaban J connectivity index is 1.48. The number of aromatic nitrogens is 1. The summed E-state index contributed by atoms with van der Waals surface area (Å²) in [5.41, 5.74) is 3.48. The molecule has 5 heteroatoms. The van der Waals surface area contributed by atoms with Gasteiger partial charge in [-0.3, -0.25) is 0 Å². The van der Waals surface area contributed by atoms with E-state index < -0.39 is 5.97 Å². The van der Waals surface area contributed by atoms with Gasteiger partial charge in [-0.15, -0.1) is 0 Å². The summed E-state index contributed by atoms with van der Waals surface area (Å²) >= 11 is 0. The molecule has 0 saturated heterocycles. The molecule has 0 bridgehead atoms. The lowest BCUT2D eigenvalue weighted by Crippen LogP contribution is -2.02. The second-order valence-corrected chi connectivity index (χ2v) is 6.95. The van der Waals surface area contributed by atoms with Crippen molar-refractivity contribution in [1.29, 1.82) is 0 Å². The molecule has 0 saturated carbocycles. The van der Waals surface area contributed by atoms with E-state index in [4.69, 9.17) is 9.47 Å². The lowest BCUT2D eigenvalue weighted by Gasteiger charge is -2.11. The number of carboxylic acids is 1. The Morgan fingerprint density at radius 2 is 1.42 bits per heavy atom. The lowest BCUT2D eigenvalue weighted by atomic mass is 10.0. The maximum atomic E-state index is 11.8. The average molecular weight is 411 g/mol. The molecule has 0 fully saturated rings. The van der Waals surface area contributed by atoms with Crippen LogP contribution in [0.3, 0.4) is 0 Å². The Morgan fingerprint density at radius 3 is 2.00 bits per heavy atom. The monoisotopic (exact) mass is 411 g/mol. The molecule has 4 rings (SSSR count). The van der Waals surface area contributed by atoms with Crippen LogP contribution < -0.4 is 9.47 Å². The number of hydrogen-bond donors (Lipinski definition) is 1. The van der Waals surface area contributed by atoms with Crippen LogP contribution in [0.5, 0.6) is 11.6 Å². The minimum absolute atomic E-state index is 0.158. The van der Waals surface area contributed by atoms with Crippen molar-refractivity contribution in [2.45, 2.75) is 13.2 Å². The number of rotatable bonds is 8. The predicted octanol–water partition coefficient (Wildman–Crippen LogP) is 5.60. The highest BCUT2D eigenvalue weighted by atomic mass is 16.5. The fraction of sp³-hybridized carbons (Fsp3) is 0.0769. The van der Waals surface area contributed by atoms with Gasteiger partial charge < -0.3 is 14.6 Å². The van der Waals surface area contributed by atoms with E-state index >= 15 is 0 Å². The second-order valence-electron chi connectivity index (χ2n) is 6.95. The summed E-state index contributed by atoms with van der Waals surface area (Å²) in [6.45, 7) is 0.787. The van der Waals surface area contributed by atoms with Gasteiger partial charge >= 0.3 is 5.97 Å². The first-order valence-corrected chi connectivity index (χ1v) is 9.86. The number of carbonyl (C=O) groups is 1. The molecule has 4 aromatic rings. The molecule has 31 heavy (non-hydrogen) atoms. The number of aromatic carboxylic acids is 1. The largest absolute Gasteiger partial charge is 0.489 e. The SMILES string of the molecule is O=C(O)c1cc(OCc2ccccc2)ccc1-c1ccc(OCc2ccccc2)nc1. The van der Waals surface area contributed by atoms with Crippen LogP contribution in [0.1, 0.15) is 21.5 Å². The van der Waals surface area contributed by atoms with E-state index in [9.17, 15) is 9.90 Å². The van der Waals surface area contributed by atoms with Crippen LogP contribution in [0.2, 0.25) is 0 Å². The van der Waals surface area contributed by atoms with Crippen LogP contribution >= 0.6 is 0 Å². The number of pyridine rings is 1. The second kappa shape index (κ2) is 9.59. The van der Waals surface area contributed by atoms with Crippen molar-refractivity contribution in [3.63, 3.8) is 0 Å². The molecule has 0 amide bonds. The molecule has 0 spiro atoms. The highest BCUT2D eigenvalue weighted by molar-refractivity contribution is 5.96. The average Bonchev–Trinajstić information content (AvgIpc) is 2.83. The van der Waals surface area contributed by atoms with E-state index in [1.54, 1.807) is 36.5 Å². The molecule has 0 atom stereocenters. The normalized spacial score (nSPS) is 10.5. The van der Waals surface area contributed by atoms with Crippen molar-refractivity contribution in [2.75, 3.05) is 0 Å². The Kier molecular flexibility index (Phi) is 6.24. The first kappa shape index (κ1) is 20.2. The number of hydrogen-bond acceptors (Lipinski definition) is 4. The van der Waals surface area contributed by atoms with E-state index in [1.165, 1.54) is 0 Å². The summed E-state index contributed by atoms with van der Waals surface area (Å²) in [6.07, 6.45) is 1.62. The molecule has 0 aliphatic rings. The number of carboxylic acid groups (broad SMARTS) is 1. The van der Waals surface area contributed by atoms with Crippen LogP contribution in [-0.2, 0) is 13.2 Å². The van der Waals surface area contributed by atoms with E-state index in [1.807, 2.05) is 60.7 Å². The van der Waals surface area contributed by atoms with Gasteiger partial charge in [-0.05, 0) is 41.0 Å². The quantitative estimate of drug-likeness (QED) is 0.408. The van der Waals surface area contributed by atoms with E-state index in [2.05, 4.69) is 4.98 Å². The van der Waals surface area contributed by atoms with Crippen molar-refractivity contribution < 1.29 is 19.4 Å². The van der Waals surface area contributed by atoms with Crippen LogP contribution in [0, 0.1) is 0 Å². The lowest BCUT2D eigenvalue weighted by molar-refractivity contribution is 0.0697. The summed E-state index contributed by atoms with van der Waals surface area (Å²) < 4.78 is 11.5. The highest BCUT2D eigenvalue weighted by Gasteiger charge is 2.14. The van der Waals surface area contributed by atoms with E-state index in [0.717, 1.165) is 11.1 Å². The van der Waals surface area contributed by atoms with Crippen LogP contribution in [-0.4, -0.2) is 16.1 Å². The van der Waals surface area contributed by atoms with E-state index in [0.29, 0.717) is 36.0 Å². The first-order chi connectivity index (χ1) is 15.2. The van der Waals surface area contributed by atoms with Gasteiger partial charge in [-0.1, -0.05) is 60.7 Å². The third-order valence-corrected chi connectivity index (χ3v) is 4.75. The van der Waals surface area contributed by atoms with Gasteiger partial charge in [-0.2, -0.15) is 0 Å². The van der Waals surface area contributed by atoms with Crippen LogP contribution in [0.25, 0.3) is 11.1 Å². The van der Waals surface area contributed by atoms with Gasteiger partial charge in [0.05, 0.1) is 5.56 Å². The number of benzene rings is 3. The molecule has 0 aliphatic carbocycles. The standard InChI is InChI=1S/C26H21NO4/c28-26(29)24-15-22(30-17-19-7-3-1-4-8-19)12-13-23(24)21-11-14-25(27-16-21)31-18-20-9-5-2-6-10-20/h1-16H,17-18H2,(H,28,29). The topological polar surface area (TPSA) is 68.7 Å². The van der Waals surface area contributed by atoms with Crippen LogP contribution in [0.15, 0.2) is 97.2 Å². The minimum Gasteiger partial charge on any atom is -0.489 e. The van der Waals surface area contributed by atoms with Gasteiger partial charge in [0.15, 0.2) is 0 Å². The molecule has 154 valence electrons. The Labute approximate surface area is 180 Å². The van der Waals surface area contributed by atoms with Crippen molar-refractivity contribution in [2.24, 2.45) is 0 Å². The fourth-order valence-corrected chi connectivity index (χ4v) is 3.14. The molecule has 3 aromatic carbocycles. The zero-order valence-corrected chi connectivity index (χ0v) is 16.8. The number of nitrogens with zero attached hydrogens (tertiary/aromatic N) is 1. The molecule has 0 radical (unpaired) electrons. The smallest absolute Gasteiger partial charge is 0.336 e. The Morgan fingerprint density at radius 1 is 0.774 bits per heavy atom. The summed E-state index contributed by atoms with van der Waals surface area (Å²) in [5, 5.41) is 9.70. The molecular weight excluding hydrogens is 390 g/mol. The zero-order chi connectivity index (χ0) is 21.5. The van der Waals surface area contributed by atoms with Crippen molar-refractivity contribution in [3.05, 3.63) is 114 Å². The molecule has 1 aromatic heterocycles. The number of ether oxygens (including phenoxy) is 2. The predicted molar refractivity (Wildman–Crippen MR) is 118 cm³/mol. The van der Waals surface area contributed by atoms with Gasteiger partial charge in [-0.25, -0.2) is 9.78 Å². The molecular formula is C26H21NO4. The Bertz CT molecular complexity index is 1140. The zero-order valence-electron chi connectivity index (χ0n) is 16.8. The fourth-order valence-electron chi connectivity index (χ4n) is 3.14. The molecule has 1 N–H and O–H groups in total. The molecule has 1 heterocycles. The summed E-state index contributed by atoms with van der Waals surface area (Å²) in [7, 11) is 0. The van der Waals surface area contributed by atoms with Crippen molar-refractivity contribution in [3.8, 4) is 22.8 Å². The highest BCUT2D eigenvalue weighted by Crippen LogP contribution is 2.28. The molecule has 0 unspecified atom stereocenters. The maximum absolute atomic E-state index is 11.8. The van der Waals surface area contributed by atoms with Gasteiger partial charge in [0.2, 0.25) is 5.88 Å². The third kappa shape index (κ3) is 5.28. The first-order valence-electron chi connectivity index (χ1n) is 9.86. The Hall–Kier alpha value is -4.12. The van der Waals surface area contributed by atoms with Crippen molar-refractivity contribution in [1.82, 2.24) is 4.98 Å². The summed E-state index contributed by atoms with van der Waals surface area (Å²) in [5.74, 6) is -0.0439. The van der Waals surface area contributed by atoms with Gasteiger partial charge in [0, 0.05) is 17.8 Å². The van der Waals surface area contributed by atoms with E-state index in [-0.39, 0.29) is 5.56 Å². The summed E-state index contributed by atoms with van der Waals surface area (Å²) in [6, 6.07) is 28.1. The van der Waals surface area contributed by atoms with Gasteiger partial charge in [0.25, 0.3) is 0 Å². The van der Waals surface area contributed by atoms with Crippen LogP contribution in [0.4, 0.5) is 0 Å². The molecule has 5 nitrogen and oxygen atoms in total.